The van der Waals surface area contributed by atoms with Gasteiger partial charge in [-0.25, -0.2) is 4.39 Å². The number of rotatable bonds is 6. The SMILES string of the molecule is CCc1c(CC(=O)O)c2cc(Cl)c(F)cn2c1Sc1ccc(OC)cc1. The number of benzene rings is 1. The standard InChI is InChI=1S/C19H17ClFNO3S/c1-3-13-14(8-18(23)24)17-9-15(20)16(21)10-22(17)19(13)26-12-6-4-11(25-2)5-7-12/h4-7,9-10H,3,8H2,1-2H3,(H,23,24). The molecule has 0 radical (unpaired) electrons. The lowest BCUT2D eigenvalue weighted by atomic mass is 10.1. The van der Waals surface area contributed by atoms with Crippen LogP contribution in [0.25, 0.3) is 5.52 Å². The van der Waals surface area contributed by atoms with Crippen molar-refractivity contribution in [2.24, 2.45) is 0 Å². The van der Waals surface area contributed by atoms with E-state index < -0.39 is 11.8 Å². The first-order valence-electron chi connectivity index (χ1n) is 7.99. The lowest BCUT2D eigenvalue weighted by Gasteiger charge is -2.07. The van der Waals surface area contributed by atoms with Crippen molar-refractivity contribution >= 4 is 34.8 Å². The lowest BCUT2D eigenvalue weighted by Crippen LogP contribution is -2.02. The number of halogens is 2. The number of nitrogens with zero attached hydrogens (tertiary/aromatic N) is 1. The quantitative estimate of drug-likeness (QED) is 0.634. The molecule has 0 unspecified atom stereocenters. The summed E-state index contributed by atoms with van der Waals surface area (Å²) in [4.78, 5) is 12.3. The fraction of sp³-hybridized carbons (Fsp3) is 0.211. The molecule has 3 rings (SSSR count). The molecule has 3 aromatic rings. The van der Waals surface area contributed by atoms with Crippen molar-refractivity contribution in [2.45, 2.75) is 29.7 Å². The van der Waals surface area contributed by atoms with Gasteiger partial charge in [0.05, 0.1) is 29.1 Å². The average molecular weight is 394 g/mol. The number of aliphatic carboxylic acids is 1. The van der Waals surface area contributed by atoms with E-state index in [1.807, 2.05) is 31.2 Å². The molecule has 2 aromatic heterocycles. The van der Waals surface area contributed by atoms with Crippen LogP contribution in [0.3, 0.4) is 0 Å². The van der Waals surface area contributed by atoms with Crippen LogP contribution in [-0.2, 0) is 17.6 Å². The molecular weight excluding hydrogens is 377 g/mol. The highest BCUT2D eigenvalue weighted by molar-refractivity contribution is 7.99. The van der Waals surface area contributed by atoms with Gasteiger partial charge in [-0.3, -0.25) is 4.79 Å². The van der Waals surface area contributed by atoms with Gasteiger partial charge in [-0.05, 0) is 47.9 Å². The van der Waals surface area contributed by atoms with Crippen molar-refractivity contribution in [3.8, 4) is 5.75 Å². The van der Waals surface area contributed by atoms with Crippen LogP contribution >= 0.6 is 23.4 Å². The van der Waals surface area contributed by atoms with Crippen LogP contribution in [0, 0.1) is 5.82 Å². The second-order valence-corrected chi connectivity index (χ2v) is 7.16. The van der Waals surface area contributed by atoms with Crippen LogP contribution in [0.1, 0.15) is 18.1 Å². The molecule has 0 amide bonds. The maximum absolute atomic E-state index is 14.1. The van der Waals surface area contributed by atoms with Crippen molar-refractivity contribution in [1.82, 2.24) is 4.40 Å². The van der Waals surface area contributed by atoms with Crippen molar-refractivity contribution in [2.75, 3.05) is 7.11 Å². The summed E-state index contributed by atoms with van der Waals surface area (Å²) in [5, 5.41) is 10.1. The molecule has 0 aliphatic heterocycles. The Hall–Kier alpha value is -2.18. The Morgan fingerprint density at radius 1 is 1.31 bits per heavy atom. The first-order valence-corrected chi connectivity index (χ1v) is 9.18. The van der Waals surface area contributed by atoms with Gasteiger partial charge in [-0.15, -0.1) is 0 Å². The second-order valence-electron chi connectivity index (χ2n) is 5.69. The monoisotopic (exact) mass is 393 g/mol. The number of hydrogen-bond donors (Lipinski definition) is 1. The first-order chi connectivity index (χ1) is 12.4. The molecule has 0 saturated heterocycles. The molecule has 0 fully saturated rings. The summed E-state index contributed by atoms with van der Waals surface area (Å²) >= 11 is 7.39. The molecule has 0 saturated carbocycles. The molecule has 2 heterocycles. The third kappa shape index (κ3) is 3.52. The Kier molecular flexibility index (Phi) is 5.44. The van der Waals surface area contributed by atoms with E-state index in [0.29, 0.717) is 17.5 Å². The Labute approximate surface area is 159 Å². The molecule has 0 aliphatic rings. The van der Waals surface area contributed by atoms with Gasteiger partial charge < -0.3 is 14.2 Å². The van der Waals surface area contributed by atoms with E-state index in [-0.39, 0.29) is 11.4 Å². The summed E-state index contributed by atoms with van der Waals surface area (Å²) in [7, 11) is 1.60. The number of hydrogen-bond acceptors (Lipinski definition) is 3. The van der Waals surface area contributed by atoms with Gasteiger partial charge in [0.2, 0.25) is 0 Å². The van der Waals surface area contributed by atoms with E-state index in [1.165, 1.54) is 24.0 Å². The van der Waals surface area contributed by atoms with Gasteiger partial charge in [0.1, 0.15) is 5.75 Å². The smallest absolute Gasteiger partial charge is 0.307 e. The number of carbonyl (C=O) groups is 1. The number of fused-ring (bicyclic) bond motifs is 1. The Bertz CT molecular complexity index is 969. The zero-order valence-corrected chi connectivity index (χ0v) is 15.8. The highest BCUT2D eigenvalue weighted by Gasteiger charge is 2.21. The van der Waals surface area contributed by atoms with Crippen LogP contribution in [-0.4, -0.2) is 22.6 Å². The predicted molar refractivity (Wildman–Crippen MR) is 100 cm³/mol. The zero-order chi connectivity index (χ0) is 18.8. The molecule has 1 aromatic carbocycles. The molecule has 26 heavy (non-hydrogen) atoms. The number of pyridine rings is 1. The minimum atomic E-state index is -0.936. The summed E-state index contributed by atoms with van der Waals surface area (Å²) < 4.78 is 20.9. The van der Waals surface area contributed by atoms with E-state index >= 15 is 0 Å². The fourth-order valence-electron chi connectivity index (χ4n) is 2.91. The Balaban J connectivity index is 2.18. The number of methoxy groups -OCH3 is 1. The van der Waals surface area contributed by atoms with Crippen LogP contribution in [0.4, 0.5) is 4.39 Å². The summed E-state index contributed by atoms with van der Waals surface area (Å²) in [6.07, 6.45) is 1.80. The average Bonchev–Trinajstić information content (AvgIpc) is 2.88. The molecule has 4 nitrogen and oxygen atoms in total. The molecule has 0 bridgehead atoms. The number of carboxylic acids is 1. The van der Waals surface area contributed by atoms with Gasteiger partial charge in [-0.2, -0.15) is 0 Å². The van der Waals surface area contributed by atoms with Gasteiger partial charge in [0, 0.05) is 11.1 Å². The largest absolute Gasteiger partial charge is 0.497 e. The van der Waals surface area contributed by atoms with Crippen molar-refractivity contribution < 1.29 is 19.0 Å². The highest BCUT2D eigenvalue weighted by Crippen LogP contribution is 2.38. The van der Waals surface area contributed by atoms with E-state index in [1.54, 1.807) is 11.5 Å². The Morgan fingerprint density at radius 2 is 2.00 bits per heavy atom. The van der Waals surface area contributed by atoms with Crippen molar-refractivity contribution in [3.05, 3.63) is 58.5 Å². The molecule has 7 heteroatoms. The minimum absolute atomic E-state index is 0.0229. The summed E-state index contributed by atoms with van der Waals surface area (Å²) in [6.45, 7) is 1.95. The van der Waals surface area contributed by atoms with Crippen molar-refractivity contribution in [3.63, 3.8) is 0 Å². The normalized spacial score (nSPS) is 11.1. The lowest BCUT2D eigenvalue weighted by molar-refractivity contribution is -0.136. The second kappa shape index (κ2) is 7.60. The van der Waals surface area contributed by atoms with Crippen LogP contribution < -0.4 is 4.74 Å². The van der Waals surface area contributed by atoms with Crippen LogP contribution in [0.5, 0.6) is 5.75 Å². The molecule has 0 atom stereocenters. The van der Waals surface area contributed by atoms with E-state index in [4.69, 9.17) is 16.3 Å². The topological polar surface area (TPSA) is 50.9 Å². The molecule has 0 spiro atoms. The van der Waals surface area contributed by atoms with E-state index in [2.05, 4.69) is 0 Å². The van der Waals surface area contributed by atoms with Gasteiger partial charge in [0.15, 0.2) is 5.82 Å². The number of carboxylic acid groups (broad SMARTS) is 1. The zero-order valence-electron chi connectivity index (χ0n) is 14.3. The van der Waals surface area contributed by atoms with Crippen LogP contribution in [0.15, 0.2) is 46.5 Å². The third-order valence-electron chi connectivity index (χ3n) is 4.10. The van der Waals surface area contributed by atoms with Gasteiger partial charge in [-0.1, -0.05) is 30.3 Å². The van der Waals surface area contributed by atoms with Gasteiger partial charge >= 0.3 is 5.97 Å². The summed E-state index contributed by atoms with van der Waals surface area (Å²) in [5.41, 5.74) is 2.17. The number of aromatic nitrogens is 1. The van der Waals surface area contributed by atoms with Crippen LogP contribution in [0.2, 0.25) is 5.02 Å². The van der Waals surface area contributed by atoms with Gasteiger partial charge in [0.25, 0.3) is 0 Å². The maximum Gasteiger partial charge on any atom is 0.307 e. The molecule has 0 aliphatic carbocycles. The summed E-state index contributed by atoms with van der Waals surface area (Å²) in [5.74, 6) is -0.738. The minimum Gasteiger partial charge on any atom is -0.497 e. The van der Waals surface area contributed by atoms with E-state index in [9.17, 15) is 14.3 Å². The molecule has 136 valence electrons. The third-order valence-corrected chi connectivity index (χ3v) is 5.53. The maximum atomic E-state index is 14.1. The first kappa shape index (κ1) is 18.6. The fourth-order valence-corrected chi connectivity index (χ4v) is 4.20. The predicted octanol–water partition coefficient (Wildman–Crippen LogP) is 5.08. The Morgan fingerprint density at radius 3 is 2.58 bits per heavy atom. The summed E-state index contributed by atoms with van der Waals surface area (Å²) in [6, 6.07) is 9.00. The molecular formula is C19H17ClFNO3S. The highest BCUT2D eigenvalue weighted by atomic mass is 35.5. The van der Waals surface area contributed by atoms with Crippen molar-refractivity contribution in [1.29, 1.82) is 0 Å². The van der Waals surface area contributed by atoms with E-state index in [0.717, 1.165) is 21.2 Å². The molecule has 1 N–H and O–H groups in total. The number of ether oxygens (including phenoxy) is 1.